The van der Waals surface area contributed by atoms with Gasteiger partial charge in [0.2, 0.25) is 5.78 Å². The highest BCUT2D eigenvalue weighted by Gasteiger charge is 2.63. The van der Waals surface area contributed by atoms with E-state index in [4.69, 9.17) is 5.73 Å². The standard InChI is InChI=1S/C32H37N3O7/c1-15-6-8-16(9-7-15)10-11-17-14-21(34(2)3)19-12-18-13-20-25(35(4)5)28(38)24(31(33)41)30(40)32(20,42)29(39)22(18)27(37)23(19)26(17)36/h6-9,14,18,20,25,36,38-39,42H,10-13H2,1-5H3,(H2,33,41)/t18-,20-,25-,32-/m0/s1. The van der Waals surface area contributed by atoms with Crippen LogP contribution in [0.25, 0.3) is 0 Å². The number of aryl methyl sites for hydroxylation is 3. The molecule has 222 valence electrons. The second-order valence-corrected chi connectivity index (χ2v) is 12.1. The largest absolute Gasteiger partial charge is 0.510 e. The number of hydrogen-bond donors (Lipinski definition) is 5. The normalized spacial score (nSPS) is 25.4. The minimum Gasteiger partial charge on any atom is -0.510 e. The summed E-state index contributed by atoms with van der Waals surface area (Å²) < 4.78 is 0. The first-order valence-electron chi connectivity index (χ1n) is 13.9. The number of ketones is 2. The molecular formula is C32H37N3O7. The van der Waals surface area contributed by atoms with Crippen molar-refractivity contribution in [3.05, 3.63) is 80.8 Å². The molecule has 0 saturated heterocycles. The van der Waals surface area contributed by atoms with Gasteiger partial charge in [0.1, 0.15) is 22.8 Å². The maximum atomic E-state index is 14.2. The monoisotopic (exact) mass is 575 g/mol. The smallest absolute Gasteiger partial charge is 0.255 e. The highest BCUT2D eigenvalue weighted by molar-refractivity contribution is 6.25. The number of amides is 1. The van der Waals surface area contributed by atoms with Crippen molar-refractivity contribution in [2.45, 2.75) is 44.2 Å². The number of phenols is 1. The zero-order valence-corrected chi connectivity index (χ0v) is 24.4. The lowest BCUT2D eigenvalue weighted by Gasteiger charge is -2.50. The molecule has 0 radical (unpaired) electrons. The summed E-state index contributed by atoms with van der Waals surface area (Å²) in [5.41, 5.74) is 5.92. The van der Waals surface area contributed by atoms with E-state index in [1.165, 1.54) is 4.90 Å². The summed E-state index contributed by atoms with van der Waals surface area (Å²) in [5, 5.41) is 45.7. The van der Waals surface area contributed by atoms with Crippen molar-refractivity contribution >= 4 is 23.2 Å². The highest BCUT2D eigenvalue weighted by atomic mass is 16.3. The van der Waals surface area contributed by atoms with Crippen molar-refractivity contribution in [1.82, 2.24) is 4.90 Å². The van der Waals surface area contributed by atoms with Gasteiger partial charge in [-0.15, -0.1) is 0 Å². The summed E-state index contributed by atoms with van der Waals surface area (Å²) in [6, 6.07) is 8.91. The zero-order chi connectivity index (χ0) is 30.8. The number of nitrogens with two attached hydrogens (primary N) is 1. The Morgan fingerprint density at radius 1 is 1.05 bits per heavy atom. The summed E-state index contributed by atoms with van der Waals surface area (Å²) in [5.74, 6) is -6.50. The fourth-order valence-electron chi connectivity index (χ4n) is 6.98. The van der Waals surface area contributed by atoms with Crippen LogP contribution in [0.15, 0.2) is 53.0 Å². The molecule has 3 aliphatic carbocycles. The van der Waals surface area contributed by atoms with Gasteiger partial charge in [-0.2, -0.15) is 0 Å². The van der Waals surface area contributed by atoms with Gasteiger partial charge in [-0.3, -0.25) is 19.3 Å². The number of aliphatic hydroxyl groups is 3. The second kappa shape index (κ2) is 10.3. The number of phenolic OH excluding ortho intramolecular Hbond substituents is 1. The summed E-state index contributed by atoms with van der Waals surface area (Å²) >= 11 is 0. The maximum Gasteiger partial charge on any atom is 0.255 e. The lowest BCUT2D eigenvalue weighted by molar-refractivity contribution is -0.148. The molecule has 3 aliphatic rings. The molecule has 1 amide bonds. The van der Waals surface area contributed by atoms with Crippen LogP contribution in [0.1, 0.15) is 39.0 Å². The SMILES string of the molecule is Cc1ccc(CCc2cc(N(C)C)c3c(c2O)C(=O)C2=C(O)[C@]4(O)C(=O)C(C(N)=O)=C(O)[C@@H](N(C)C)[C@@H]4C[C@@H]2C3)cc1. The van der Waals surface area contributed by atoms with E-state index in [0.29, 0.717) is 24.0 Å². The summed E-state index contributed by atoms with van der Waals surface area (Å²) in [6.45, 7) is 2.00. The van der Waals surface area contributed by atoms with Crippen LogP contribution in [-0.2, 0) is 28.9 Å². The fraction of sp³-hybridized carbons (Fsp3) is 0.406. The highest BCUT2D eigenvalue weighted by Crippen LogP contribution is 2.53. The summed E-state index contributed by atoms with van der Waals surface area (Å²) in [6.07, 6.45) is 1.37. The molecule has 0 aromatic heterocycles. The van der Waals surface area contributed by atoms with Crippen LogP contribution in [0.3, 0.4) is 0 Å². The zero-order valence-electron chi connectivity index (χ0n) is 24.4. The van der Waals surface area contributed by atoms with Gasteiger partial charge in [-0.05, 0) is 75.4 Å². The molecule has 0 heterocycles. The maximum absolute atomic E-state index is 14.2. The number of carbonyl (C=O) groups is 3. The van der Waals surface area contributed by atoms with Gasteiger partial charge in [-0.1, -0.05) is 29.8 Å². The Morgan fingerprint density at radius 3 is 2.26 bits per heavy atom. The molecule has 0 unspecified atom stereocenters. The molecule has 0 fully saturated rings. The van der Waals surface area contributed by atoms with Crippen molar-refractivity contribution in [2.75, 3.05) is 33.1 Å². The third-order valence-corrected chi connectivity index (χ3v) is 9.06. The second-order valence-electron chi connectivity index (χ2n) is 12.1. The van der Waals surface area contributed by atoms with Gasteiger partial charge < -0.3 is 31.1 Å². The first-order valence-corrected chi connectivity index (χ1v) is 13.9. The van der Waals surface area contributed by atoms with Crippen LogP contribution >= 0.6 is 0 Å². The number of anilines is 1. The van der Waals surface area contributed by atoms with E-state index in [2.05, 4.69) is 0 Å². The molecule has 0 saturated carbocycles. The number of aromatic hydroxyl groups is 1. The third-order valence-electron chi connectivity index (χ3n) is 9.06. The number of benzene rings is 2. The number of Topliss-reactive ketones (excluding diaryl/α,β-unsaturated/α-hetero) is 2. The topological polar surface area (TPSA) is 165 Å². The first kappa shape index (κ1) is 29.3. The Hall–Kier alpha value is -4.15. The molecule has 10 heteroatoms. The Balaban J connectivity index is 1.64. The Kier molecular flexibility index (Phi) is 7.19. The van der Waals surface area contributed by atoms with E-state index in [-0.39, 0.29) is 29.7 Å². The van der Waals surface area contributed by atoms with Crippen molar-refractivity contribution < 1.29 is 34.8 Å². The Bertz CT molecular complexity index is 1570. The quantitative estimate of drug-likeness (QED) is 0.325. The van der Waals surface area contributed by atoms with E-state index in [9.17, 15) is 34.8 Å². The van der Waals surface area contributed by atoms with Crippen LogP contribution in [0.5, 0.6) is 5.75 Å². The van der Waals surface area contributed by atoms with E-state index in [1.54, 1.807) is 14.1 Å². The van der Waals surface area contributed by atoms with E-state index in [0.717, 1.165) is 16.8 Å². The van der Waals surface area contributed by atoms with Crippen molar-refractivity contribution in [3.63, 3.8) is 0 Å². The van der Waals surface area contributed by atoms with Crippen LogP contribution in [0.4, 0.5) is 5.69 Å². The number of likely N-dealkylation sites (N-methyl/N-ethyl adjacent to an activating group) is 1. The first-order chi connectivity index (χ1) is 19.7. The number of aliphatic hydroxyl groups excluding tert-OH is 2. The average molecular weight is 576 g/mol. The predicted octanol–water partition coefficient (Wildman–Crippen LogP) is 2.28. The van der Waals surface area contributed by atoms with Crippen LogP contribution in [0, 0.1) is 18.8 Å². The van der Waals surface area contributed by atoms with Crippen LogP contribution in [-0.4, -0.2) is 82.6 Å². The molecule has 0 bridgehead atoms. The molecule has 2 aromatic carbocycles. The molecule has 6 N–H and O–H groups in total. The molecule has 2 aromatic rings. The minimum atomic E-state index is -2.66. The molecular weight excluding hydrogens is 538 g/mol. The van der Waals surface area contributed by atoms with Crippen molar-refractivity contribution in [3.8, 4) is 5.75 Å². The summed E-state index contributed by atoms with van der Waals surface area (Å²) in [4.78, 5) is 43.3. The van der Waals surface area contributed by atoms with Gasteiger partial charge in [0.05, 0.1) is 11.6 Å². The van der Waals surface area contributed by atoms with E-state index < -0.39 is 58.0 Å². The van der Waals surface area contributed by atoms with Gasteiger partial charge in [0.25, 0.3) is 5.91 Å². The fourth-order valence-corrected chi connectivity index (χ4v) is 6.98. The van der Waals surface area contributed by atoms with Crippen LogP contribution < -0.4 is 10.6 Å². The van der Waals surface area contributed by atoms with Gasteiger partial charge in [0.15, 0.2) is 11.4 Å². The van der Waals surface area contributed by atoms with Crippen molar-refractivity contribution in [1.29, 1.82) is 0 Å². The molecule has 42 heavy (non-hydrogen) atoms. The molecule has 0 aliphatic heterocycles. The number of rotatable bonds is 6. The third kappa shape index (κ3) is 4.28. The van der Waals surface area contributed by atoms with E-state index in [1.807, 2.05) is 56.3 Å². The lowest BCUT2D eigenvalue weighted by atomic mass is 9.58. The van der Waals surface area contributed by atoms with Gasteiger partial charge in [0, 0.05) is 31.3 Å². The summed E-state index contributed by atoms with van der Waals surface area (Å²) in [7, 11) is 6.90. The van der Waals surface area contributed by atoms with Crippen LogP contribution in [0.2, 0.25) is 0 Å². The van der Waals surface area contributed by atoms with Gasteiger partial charge >= 0.3 is 0 Å². The van der Waals surface area contributed by atoms with E-state index >= 15 is 0 Å². The number of hydrogen-bond acceptors (Lipinski definition) is 9. The Labute approximate surface area is 244 Å². The average Bonchev–Trinajstić information content (AvgIpc) is 2.90. The minimum absolute atomic E-state index is 0.0286. The number of allylic oxidation sites excluding steroid dienone is 1. The Morgan fingerprint density at radius 2 is 1.69 bits per heavy atom. The molecule has 5 rings (SSSR count). The predicted molar refractivity (Wildman–Crippen MR) is 157 cm³/mol. The lowest BCUT2D eigenvalue weighted by Crippen LogP contribution is -2.63. The molecule has 0 spiro atoms. The molecule has 10 nitrogen and oxygen atoms in total. The van der Waals surface area contributed by atoms with Gasteiger partial charge in [-0.25, -0.2) is 0 Å². The number of fused-ring (bicyclic) bond motifs is 3. The molecule has 4 atom stereocenters. The number of primary amides is 1. The van der Waals surface area contributed by atoms with Crippen molar-refractivity contribution in [2.24, 2.45) is 17.6 Å². The number of nitrogens with zero attached hydrogens (tertiary/aromatic N) is 2. The number of carbonyl (C=O) groups excluding carboxylic acids is 3.